The Balaban J connectivity index is 2.45. The second-order valence-corrected chi connectivity index (χ2v) is 4.15. The number of halogens is 1. The molecule has 2 aromatic rings. The number of hydrazine groups is 1. The van der Waals surface area contributed by atoms with Crippen molar-refractivity contribution < 1.29 is 0 Å². The molecule has 6 heteroatoms. The van der Waals surface area contributed by atoms with Crippen LogP contribution in [-0.4, -0.2) is 15.0 Å². The first-order valence-electron chi connectivity index (χ1n) is 4.80. The molecule has 0 aliphatic rings. The van der Waals surface area contributed by atoms with Crippen molar-refractivity contribution in [1.29, 1.82) is 0 Å². The van der Waals surface area contributed by atoms with E-state index in [4.69, 9.17) is 5.84 Å². The minimum absolute atomic E-state index is 0.129. The number of aryl methyl sites for hydroxylation is 1. The van der Waals surface area contributed by atoms with Gasteiger partial charge in [0.25, 0.3) is 0 Å². The van der Waals surface area contributed by atoms with E-state index in [0.717, 1.165) is 11.3 Å². The van der Waals surface area contributed by atoms with Gasteiger partial charge < -0.3 is 0 Å². The van der Waals surface area contributed by atoms with Gasteiger partial charge >= 0.3 is 0 Å². The van der Waals surface area contributed by atoms with Gasteiger partial charge in [-0.25, -0.2) is 10.1 Å². The first-order valence-corrected chi connectivity index (χ1v) is 5.59. The molecule has 0 saturated heterocycles. The Morgan fingerprint density at radius 1 is 1.38 bits per heavy atom. The summed E-state index contributed by atoms with van der Waals surface area (Å²) in [5.74, 6) is 5.59. The summed E-state index contributed by atoms with van der Waals surface area (Å²) >= 11 is 3.37. The van der Waals surface area contributed by atoms with Crippen molar-refractivity contribution in [3.05, 3.63) is 46.2 Å². The molecule has 1 aromatic carbocycles. The van der Waals surface area contributed by atoms with Gasteiger partial charge in [0.05, 0.1) is 11.7 Å². The van der Waals surface area contributed by atoms with E-state index in [0.29, 0.717) is 4.60 Å². The number of hydrogen-bond donors (Lipinski definition) is 2. The van der Waals surface area contributed by atoms with E-state index >= 15 is 0 Å². The highest BCUT2D eigenvalue weighted by molar-refractivity contribution is 9.10. The lowest BCUT2D eigenvalue weighted by Crippen LogP contribution is -2.30. The lowest BCUT2D eigenvalue weighted by molar-refractivity contribution is 0.569. The smallest absolute Gasteiger partial charge is 0.153 e. The fourth-order valence-corrected chi connectivity index (χ4v) is 2.18. The maximum atomic E-state index is 5.59. The van der Waals surface area contributed by atoms with Crippen LogP contribution in [0.2, 0.25) is 0 Å². The van der Waals surface area contributed by atoms with Crippen LogP contribution in [0.15, 0.2) is 34.9 Å². The summed E-state index contributed by atoms with van der Waals surface area (Å²) in [5.41, 5.74) is 4.73. The second kappa shape index (κ2) is 4.73. The average Bonchev–Trinajstić information content (AvgIpc) is 2.63. The Hall–Kier alpha value is -1.24. The van der Waals surface area contributed by atoms with E-state index in [2.05, 4.69) is 31.7 Å². The molecule has 0 bridgehead atoms. The van der Waals surface area contributed by atoms with Crippen LogP contribution in [0.3, 0.4) is 0 Å². The van der Waals surface area contributed by atoms with E-state index in [1.54, 1.807) is 4.68 Å². The molecular formula is C10H12BrN5. The Labute approximate surface area is 102 Å². The molecule has 0 spiro atoms. The monoisotopic (exact) mass is 281 g/mol. The molecule has 16 heavy (non-hydrogen) atoms. The van der Waals surface area contributed by atoms with Crippen LogP contribution in [0.4, 0.5) is 0 Å². The standard InChI is InChI=1S/C10H12BrN5/c1-16-9(10(11)14-15-16)8(13-12)7-5-3-2-4-6-7/h2-6,8,13H,12H2,1H3. The average molecular weight is 282 g/mol. The molecule has 0 fully saturated rings. The summed E-state index contributed by atoms with van der Waals surface area (Å²) in [6.07, 6.45) is 0. The van der Waals surface area contributed by atoms with Crippen LogP contribution in [-0.2, 0) is 7.05 Å². The molecule has 1 aromatic heterocycles. The van der Waals surface area contributed by atoms with Crippen molar-refractivity contribution in [3.63, 3.8) is 0 Å². The molecule has 1 heterocycles. The van der Waals surface area contributed by atoms with Crippen LogP contribution >= 0.6 is 15.9 Å². The highest BCUT2D eigenvalue weighted by Crippen LogP contribution is 2.25. The Bertz CT molecular complexity index is 448. The molecular weight excluding hydrogens is 270 g/mol. The number of hydrogen-bond acceptors (Lipinski definition) is 4. The predicted octanol–water partition coefficient (Wildman–Crippen LogP) is 1.13. The van der Waals surface area contributed by atoms with Crippen LogP contribution in [0.5, 0.6) is 0 Å². The zero-order valence-electron chi connectivity index (χ0n) is 8.76. The van der Waals surface area contributed by atoms with Gasteiger partial charge in [-0.05, 0) is 21.5 Å². The van der Waals surface area contributed by atoms with Crippen molar-refractivity contribution in [2.24, 2.45) is 12.9 Å². The molecule has 0 radical (unpaired) electrons. The zero-order valence-corrected chi connectivity index (χ0v) is 10.3. The number of aromatic nitrogens is 3. The normalized spacial score (nSPS) is 12.7. The van der Waals surface area contributed by atoms with Gasteiger partial charge in [-0.1, -0.05) is 35.5 Å². The van der Waals surface area contributed by atoms with Crippen molar-refractivity contribution in [3.8, 4) is 0 Å². The maximum absolute atomic E-state index is 5.59. The molecule has 1 unspecified atom stereocenters. The van der Waals surface area contributed by atoms with Gasteiger partial charge in [0.15, 0.2) is 4.60 Å². The molecule has 5 nitrogen and oxygen atoms in total. The second-order valence-electron chi connectivity index (χ2n) is 3.40. The summed E-state index contributed by atoms with van der Waals surface area (Å²) in [4.78, 5) is 0. The fraction of sp³-hybridized carbons (Fsp3) is 0.200. The number of benzene rings is 1. The molecule has 2 rings (SSSR count). The predicted molar refractivity (Wildman–Crippen MR) is 64.3 cm³/mol. The van der Waals surface area contributed by atoms with Gasteiger partial charge in [0.2, 0.25) is 0 Å². The van der Waals surface area contributed by atoms with Gasteiger partial charge in [0, 0.05) is 7.05 Å². The molecule has 0 amide bonds. The first-order chi connectivity index (χ1) is 7.74. The molecule has 1 atom stereocenters. The minimum atomic E-state index is -0.129. The zero-order chi connectivity index (χ0) is 11.5. The van der Waals surface area contributed by atoms with Crippen molar-refractivity contribution in [2.45, 2.75) is 6.04 Å². The number of rotatable bonds is 3. The third kappa shape index (κ3) is 1.99. The number of nitrogens with zero attached hydrogens (tertiary/aromatic N) is 3. The third-order valence-corrected chi connectivity index (χ3v) is 2.96. The van der Waals surface area contributed by atoms with Gasteiger partial charge in [0.1, 0.15) is 0 Å². The van der Waals surface area contributed by atoms with Crippen molar-refractivity contribution >= 4 is 15.9 Å². The van der Waals surface area contributed by atoms with E-state index in [9.17, 15) is 0 Å². The lowest BCUT2D eigenvalue weighted by atomic mass is 10.1. The maximum Gasteiger partial charge on any atom is 0.153 e. The van der Waals surface area contributed by atoms with E-state index in [-0.39, 0.29) is 6.04 Å². The molecule has 0 aliphatic carbocycles. The lowest BCUT2D eigenvalue weighted by Gasteiger charge is -2.16. The van der Waals surface area contributed by atoms with E-state index in [1.165, 1.54) is 0 Å². The minimum Gasteiger partial charge on any atom is -0.271 e. The Morgan fingerprint density at radius 2 is 2.06 bits per heavy atom. The van der Waals surface area contributed by atoms with Gasteiger partial charge in [-0.2, -0.15) is 0 Å². The highest BCUT2D eigenvalue weighted by atomic mass is 79.9. The molecule has 84 valence electrons. The van der Waals surface area contributed by atoms with Crippen molar-refractivity contribution in [1.82, 2.24) is 20.4 Å². The highest BCUT2D eigenvalue weighted by Gasteiger charge is 2.20. The summed E-state index contributed by atoms with van der Waals surface area (Å²) in [5, 5.41) is 7.88. The quantitative estimate of drug-likeness (QED) is 0.654. The van der Waals surface area contributed by atoms with Gasteiger partial charge in [-0.15, -0.1) is 5.10 Å². The van der Waals surface area contributed by atoms with Crippen molar-refractivity contribution in [2.75, 3.05) is 0 Å². The van der Waals surface area contributed by atoms with Crippen LogP contribution < -0.4 is 11.3 Å². The van der Waals surface area contributed by atoms with Crippen LogP contribution in [0.25, 0.3) is 0 Å². The SMILES string of the molecule is Cn1nnc(Br)c1C(NN)c1ccccc1. The summed E-state index contributed by atoms with van der Waals surface area (Å²) in [6, 6.07) is 9.78. The largest absolute Gasteiger partial charge is 0.271 e. The molecule has 0 saturated carbocycles. The van der Waals surface area contributed by atoms with Gasteiger partial charge in [-0.3, -0.25) is 5.84 Å². The summed E-state index contributed by atoms with van der Waals surface area (Å²) < 4.78 is 2.39. The van der Waals surface area contributed by atoms with Crippen LogP contribution in [0, 0.1) is 0 Å². The van der Waals surface area contributed by atoms with Crippen LogP contribution in [0.1, 0.15) is 17.3 Å². The molecule has 0 aliphatic heterocycles. The Morgan fingerprint density at radius 3 is 2.56 bits per heavy atom. The Kier molecular flexibility index (Phi) is 3.33. The number of nitrogens with one attached hydrogen (secondary N) is 1. The summed E-state index contributed by atoms with van der Waals surface area (Å²) in [6.45, 7) is 0. The fourth-order valence-electron chi connectivity index (χ4n) is 1.62. The van der Waals surface area contributed by atoms with E-state index < -0.39 is 0 Å². The number of nitrogens with two attached hydrogens (primary N) is 1. The summed E-state index contributed by atoms with van der Waals surface area (Å²) in [7, 11) is 1.83. The topological polar surface area (TPSA) is 68.8 Å². The first kappa shape index (κ1) is 11.3. The molecule has 3 N–H and O–H groups in total. The van der Waals surface area contributed by atoms with E-state index in [1.807, 2.05) is 37.4 Å². The third-order valence-electron chi connectivity index (χ3n) is 2.40.